The van der Waals surface area contributed by atoms with Gasteiger partial charge in [0.1, 0.15) is 18.2 Å². The molecule has 0 saturated carbocycles. The first kappa shape index (κ1) is 23.0. The number of hydrogen-bond donors (Lipinski definition) is 0. The smallest absolute Gasteiger partial charge is 0.269 e. The molecule has 9 heteroatoms. The molecule has 8 nitrogen and oxygen atoms in total. The molecule has 34 heavy (non-hydrogen) atoms. The van der Waals surface area contributed by atoms with Crippen LogP contribution in [0.1, 0.15) is 27.5 Å². The number of ether oxygens (including phenoxy) is 3. The highest BCUT2D eigenvalue weighted by Crippen LogP contribution is 2.39. The van der Waals surface area contributed by atoms with Crippen molar-refractivity contribution < 1.29 is 28.3 Å². The molecule has 0 aliphatic carbocycles. The number of carbonyl (C=O) groups excluding carboxylic acids is 1. The second-order valence-electron chi connectivity index (χ2n) is 7.74. The van der Waals surface area contributed by atoms with Gasteiger partial charge >= 0.3 is 0 Å². The van der Waals surface area contributed by atoms with Crippen LogP contribution in [0.3, 0.4) is 0 Å². The van der Waals surface area contributed by atoms with Gasteiger partial charge in [-0.05, 0) is 66.1 Å². The molecule has 0 radical (unpaired) electrons. The van der Waals surface area contributed by atoms with Crippen LogP contribution in [0, 0.1) is 15.9 Å². The number of carbonyl (C=O) groups is 1. The van der Waals surface area contributed by atoms with Gasteiger partial charge in [-0.15, -0.1) is 0 Å². The highest BCUT2D eigenvalue weighted by Gasteiger charge is 2.33. The van der Waals surface area contributed by atoms with E-state index in [4.69, 9.17) is 14.2 Å². The first-order chi connectivity index (χ1) is 16.4. The lowest BCUT2D eigenvalue weighted by molar-refractivity contribution is -0.384. The van der Waals surface area contributed by atoms with Crippen LogP contribution >= 0.6 is 0 Å². The molecule has 1 atom stereocenters. The summed E-state index contributed by atoms with van der Waals surface area (Å²) in [7, 11) is 3.10. The predicted molar refractivity (Wildman–Crippen MR) is 122 cm³/mol. The minimum Gasteiger partial charge on any atom is -0.493 e. The lowest BCUT2D eigenvalue weighted by Gasteiger charge is -2.37. The number of nitro benzene ring substituents is 1. The van der Waals surface area contributed by atoms with Crippen LogP contribution in [0.25, 0.3) is 0 Å². The van der Waals surface area contributed by atoms with Crippen LogP contribution < -0.4 is 14.2 Å². The molecule has 0 saturated heterocycles. The van der Waals surface area contributed by atoms with E-state index in [2.05, 4.69) is 0 Å². The molecule has 0 spiro atoms. The molecule has 0 unspecified atom stereocenters. The maximum atomic E-state index is 13.4. The molecule has 176 valence electrons. The number of benzene rings is 3. The normalized spacial score (nSPS) is 14.8. The fourth-order valence-electron chi connectivity index (χ4n) is 4.05. The first-order valence-electron chi connectivity index (χ1n) is 10.6. The molecule has 0 bridgehead atoms. The Morgan fingerprint density at radius 1 is 1.06 bits per heavy atom. The van der Waals surface area contributed by atoms with E-state index >= 15 is 0 Å². The number of amides is 1. The minimum absolute atomic E-state index is 0.0893. The third-order valence-corrected chi connectivity index (χ3v) is 5.81. The number of methoxy groups -OCH3 is 2. The van der Waals surface area contributed by atoms with Gasteiger partial charge < -0.3 is 19.1 Å². The van der Waals surface area contributed by atoms with E-state index in [0.717, 1.165) is 11.1 Å². The highest BCUT2D eigenvalue weighted by atomic mass is 19.1. The molecule has 4 rings (SSSR count). The summed E-state index contributed by atoms with van der Waals surface area (Å²) in [6.45, 7) is 0.530. The van der Waals surface area contributed by atoms with Crippen molar-refractivity contribution in [2.75, 3.05) is 27.4 Å². The number of rotatable bonds is 7. The Balaban J connectivity index is 1.68. The van der Waals surface area contributed by atoms with Gasteiger partial charge in [0.2, 0.25) is 0 Å². The van der Waals surface area contributed by atoms with Crippen molar-refractivity contribution in [3.63, 3.8) is 0 Å². The van der Waals surface area contributed by atoms with Gasteiger partial charge in [-0.3, -0.25) is 14.9 Å². The van der Waals surface area contributed by atoms with Gasteiger partial charge in [0.05, 0.1) is 25.2 Å². The first-order valence-corrected chi connectivity index (χ1v) is 10.6. The predicted octanol–water partition coefficient (Wildman–Crippen LogP) is 4.57. The maximum absolute atomic E-state index is 13.4. The van der Waals surface area contributed by atoms with Gasteiger partial charge in [-0.2, -0.15) is 0 Å². The third kappa shape index (κ3) is 4.63. The number of nitrogens with zero attached hydrogens (tertiary/aromatic N) is 2. The van der Waals surface area contributed by atoms with Crippen LogP contribution in [0.15, 0.2) is 60.7 Å². The molecule has 3 aromatic rings. The zero-order valence-corrected chi connectivity index (χ0v) is 18.7. The molecule has 0 aromatic heterocycles. The molecule has 1 aliphatic rings. The van der Waals surface area contributed by atoms with E-state index in [9.17, 15) is 19.3 Å². The summed E-state index contributed by atoms with van der Waals surface area (Å²) >= 11 is 0. The lowest BCUT2D eigenvalue weighted by atomic mass is 9.91. The van der Waals surface area contributed by atoms with Gasteiger partial charge in [-0.25, -0.2) is 4.39 Å². The summed E-state index contributed by atoms with van der Waals surface area (Å²) in [6, 6.07) is 14.4. The molecule has 1 amide bonds. The van der Waals surface area contributed by atoms with Crippen molar-refractivity contribution in [2.24, 2.45) is 0 Å². The van der Waals surface area contributed by atoms with Crippen molar-refractivity contribution in [3.8, 4) is 17.2 Å². The summed E-state index contributed by atoms with van der Waals surface area (Å²) in [5, 5.41) is 11.0. The lowest BCUT2D eigenvalue weighted by Crippen LogP contribution is -2.42. The monoisotopic (exact) mass is 466 g/mol. The molecular weight excluding hydrogens is 443 g/mol. The molecule has 1 aliphatic heterocycles. The second-order valence-corrected chi connectivity index (χ2v) is 7.74. The van der Waals surface area contributed by atoms with Crippen molar-refractivity contribution in [1.82, 2.24) is 4.90 Å². The SMILES string of the molecule is COc1cc2c(cc1OC)[C@H](COc1ccc(F)cc1)N(C(=O)c1ccc([N+](=O)[O-])cc1)CC2. The molecule has 0 N–H and O–H groups in total. The summed E-state index contributed by atoms with van der Waals surface area (Å²) in [5.74, 6) is 0.939. The standard InChI is InChI=1S/C25H23FN2O6/c1-32-23-13-17-11-12-27(25(29)16-3-7-19(8-4-16)28(30)31)22(21(17)14-24(23)33-2)15-34-20-9-5-18(26)6-10-20/h3-10,13-14,22H,11-12,15H2,1-2H3/t22-/m0/s1. The Morgan fingerprint density at radius 3 is 2.32 bits per heavy atom. The largest absolute Gasteiger partial charge is 0.493 e. The van der Waals surface area contributed by atoms with Gasteiger partial charge in [0.25, 0.3) is 11.6 Å². The van der Waals surface area contributed by atoms with Crippen LogP contribution in [0.2, 0.25) is 0 Å². The quantitative estimate of drug-likeness (QED) is 0.374. The third-order valence-electron chi connectivity index (χ3n) is 5.81. The molecular formula is C25H23FN2O6. The number of hydrogen-bond acceptors (Lipinski definition) is 6. The number of fused-ring (bicyclic) bond motifs is 1. The van der Waals surface area contributed by atoms with E-state index in [0.29, 0.717) is 35.8 Å². The topological polar surface area (TPSA) is 91.1 Å². The molecule has 0 fully saturated rings. The zero-order chi connectivity index (χ0) is 24.2. The summed E-state index contributed by atoms with van der Waals surface area (Å²) in [5.41, 5.74) is 2.09. The fourth-order valence-corrected chi connectivity index (χ4v) is 4.05. The van der Waals surface area contributed by atoms with E-state index < -0.39 is 11.0 Å². The molecule has 1 heterocycles. The van der Waals surface area contributed by atoms with E-state index in [1.54, 1.807) is 12.0 Å². The van der Waals surface area contributed by atoms with E-state index in [1.165, 1.54) is 55.6 Å². The van der Waals surface area contributed by atoms with E-state index in [1.807, 2.05) is 12.1 Å². The van der Waals surface area contributed by atoms with Crippen LogP contribution in [0.4, 0.5) is 10.1 Å². The Kier molecular flexibility index (Phi) is 6.62. The number of halogens is 1. The average molecular weight is 466 g/mol. The van der Waals surface area contributed by atoms with Gasteiger partial charge in [0.15, 0.2) is 11.5 Å². The Labute approximate surface area is 195 Å². The van der Waals surface area contributed by atoms with Gasteiger partial charge in [-0.1, -0.05) is 0 Å². The van der Waals surface area contributed by atoms with Crippen molar-refractivity contribution >= 4 is 11.6 Å². The van der Waals surface area contributed by atoms with E-state index in [-0.39, 0.29) is 24.0 Å². The Hall–Kier alpha value is -4.14. The minimum atomic E-state index is -0.510. The highest BCUT2D eigenvalue weighted by molar-refractivity contribution is 5.95. The Bertz CT molecular complexity index is 1200. The Morgan fingerprint density at radius 2 is 1.71 bits per heavy atom. The van der Waals surface area contributed by atoms with Crippen LogP contribution in [0.5, 0.6) is 17.2 Å². The van der Waals surface area contributed by atoms with Crippen LogP contribution in [-0.2, 0) is 6.42 Å². The average Bonchev–Trinajstić information content (AvgIpc) is 2.86. The molecule has 3 aromatic carbocycles. The fraction of sp³-hybridized carbons (Fsp3) is 0.240. The van der Waals surface area contributed by atoms with Gasteiger partial charge in [0, 0.05) is 24.2 Å². The van der Waals surface area contributed by atoms with Crippen molar-refractivity contribution in [3.05, 3.63) is 93.3 Å². The summed E-state index contributed by atoms with van der Waals surface area (Å²) in [6.07, 6.45) is 0.585. The maximum Gasteiger partial charge on any atom is 0.269 e. The number of nitro groups is 1. The summed E-state index contributed by atoms with van der Waals surface area (Å²) in [4.78, 5) is 25.6. The van der Waals surface area contributed by atoms with Crippen molar-refractivity contribution in [2.45, 2.75) is 12.5 Å². The van der Waals surface area contributed by atoms with Crippen molar-refractivity contribution in [1.29, 1.82) is 0 Å². The number of non-ortho nitro benzene ring substituents is 1. The zero-order valence-electron chi connectivity index (χ0n) is 18.7. The second kappa shape index (κ2) is 9.78. The summed E-state index contributed by atoms with van der Waals surface area (Å²) < 4.78 is 30.1. The van der Waals surface area contributed by atoms with Crippen LogP contribution in [-0.4, -0.2) is 43.1 Å².